The third-order valence-electron chi connectivity index (χ3n) is 4.95. The van der Waals surface area contributed by atoms with E-state index in [-0.39, 0.29) is 5.75 Å². The summed E-state index contributed by atoms with van der Waals surface area (Å²) in [4.78, 5) is 0. The molecule has 0 N–H and O–H groups in total. The summed E-state index contributed by atoms with van der Waals surface area (Å²) in [5.41, 5.74) is 5.37. The Balaban J connectivity index is 1.78. The fraction of sp³-hybridized carbons (Fsp3) is 0.364. The molecule has 0 aromatic heterocycles. The second kappa shape index (κ2) is 7.81. The summed E-state index contributed by atoms with van der Waals surface area (Å²) < 4.78 is 33.6. The average molecular weight is 342 g/mol. The molecule has 1 aliphatic carbocycles. The van der Waals surface area contributed by atoms with E-state index in [4.69, 9.17) is 4.74 Å². The maximum Gasteiger partial charge on any atom is 0.200 e. The molecule has 0 bridgehead atoms. The van der Waals surface area contributed by atoms with Gasteiger partial charge in [0.05, 0.1) is 0 Å². The van der Waals surface area contributed by atoms with Crippen molar-refractivity contribution in [2.24, 2.45) is 0 Å². The highest BCUT2D eigenvalue weighted by Crippen LogP contribution is 2.34. The Morgan fingerprint density at radius 1 is 0.880 bits per heavy atom. The Bertz CT molecular complexity index is 775. The molecule has 0 fully saturated rings. The van der Waals surface area contributed by atoms with Gasteiger partial charge in [-0.15, -0.1) is 0 Å². The Labute approximate surface area is 148 Å². The monoisotopic (exact) mass is 342 g/mol. The first-order chi connectivity index (χ1) is 12.1. The van der Waals surface area contributed by atoms with Crippen LogP contribution in [0, 0.1) is 11.6 Å². The zero-order chi connectivity index (χ0) is 17.8. The SMILES string of the molecule is CCc1ccc(C2=C(COc3ccc(CC)c(F)c3F)CCC2)cc1. The van der Waals surface area contributed by atoms with Gasteiger partial charge < -0.3 is 4.74 Å². The maximum atomic E-state index is 14.1. The number of rotatable bonds is 6. The molecule has 25 heavy (non-hydrogen) atoms. The lowest BCUT2D eigenvalue weighted by atomic mass is 10.0. The molecule has 1 nitrogen and oxygen atoms in total. The highest BCUT2D eigenvalue weighted by Gasteiger charge is 2.18. The van der Waals surface area contributed by atoms with E-state index in [2.05, 4.69) is 31.2 Å². The van der Waals surface area contributed by atoms with E-state index in [0.717, 1.165) is 25.7 Å². The first kappa shape index (κ1) is 17.7. The van der Waals surface area contributed by atoms with Crippen molar-refractivity contribution in [2.75, 3.05) is 6.61 Å². The van der Waals surface area contributed by atoms with Gasteiger partial charge in [0.1, 0.15) is 6.61 Å². The maximum absolute atomic E-state index is 14.1. The predicted octanol–water partition coefficient (Wildman–Crippen LogP) is 6.11. The second-order valence-electron chi connectivity index (χ2n) is 6.48. The van der Waals surface area contributed by atoms with Crippen molar-refractivity contribution >= 4 is 5.57 Å². The van der Waals surface area contributed by atoms with E-state index in [0.29, 0.717) is 18.6 Å². The third-order valence-corrected chi connectivity index (χ3v) is 4.95. The lowest BCUT2D eigenvalue weighted by Gasteiger charge is -2.12. The highest BCUT2D eigenvalue weighted by molar-refractivity contribution is 5.71. The fourth-order valence-electron chi connectivity index (χ4n) is 3.38. The number of benzene rings is 2. The Hall–Kier alpha value is -2.16. The highest BCUT2D eigenvalue weighted by atomic mass is 19.2. The molecule has 2 aromatic carbocycles. The van der Waals surface area contributed by atoms with Crippen molar-refractivity contribution in [1.29, 1.82) is 0 Å². The van der Waals surface area contributed by atoms with Gasteiger partial charge in [-0.1, -0.05) is 44.2 Å². The van der Waals surface area contributed by atoms with Crippen molar-refractivity contribution in [3.63, 3.8) is 0 Å². The third kappa shape index (κ3) is 3.76. The molecule has 0 aliphatic heterocycles. The normalized spacial score (nSPS) is 14.2. The molecular formula is C22H24F2O. The minimum absolute atomic E-state index is 0.00483. The summed E-state index contributed by atoms with van der Waals surface area (Å²) in [7, 11) is 0. The summed E-state index contributed by atoms with van der Waals surface area (Å²) in [6.45, 7) is 4.26. The van der Waals surface area contributed by atoms with Crippen LogP contribution in [0.2, 0.25) is 0 Å². The average Bonchev–Trinajstić information content (AvgIpc) is 3.11. The molecule has 0 spiro atoms. The van der Waals surface area contributed by atoms with Gasteiger partial charge in [0.2, 0.25) is 5.82 Å². The van der Waals surface area contributed by atoms with E-state index < -0.39 is 11.6 Å². The van der Waals surface area contributed by atoms with E-state index in [1.165, 1.54) is 28.3 Å². The van der Waals surface area contributed by atoms with Gasteiger partial charge in [-0.05, 0) is 66.0 Å². The lowest BCUT2D eigenvalue weighted by molar-refractivity contribution is 0.321. The molecule has 3 rings (SSSR count). The zero-order valence-corrected chi connectivity index (χ0v) is 14.9. The topological polar surface area (TPSA) is 9.23 Å². The number of ether oxygens (including phenoxy) is 1. The van der Waals surface area contributed by atoms with Crippen LogP contribution in [-0.2, 0) is 12.8 Å². The van der Waals surface area contributed by atoms with E-state index >= 15 is 0 Å². The van der Waals surface area contributed by atoms with Crippen LogP contribution in [0.3, 0.4) is 0 Å². The first-order valence-electron chi connectivity index (χ1n) is 9.03. The number of halogens is 2. The molecule has 0 amide bonds. The first-order valence-corrected chi connectivity index (χ1v) is 9.03. The molecule has 0 unspecified atom stereocenters. The largest absolute Gasteiger partial charge is 0.486 e. The Morgan fingerprint density at radius 2 is 1.64 bits per heavy atom. The lowest BCUT2D eigenvalue weighted by Crippen LogP contribution is -2.05. The van der Waals surface area contributed by atoms with Gasteiger partial charge >= 0.3 is 0 Å². The standard InChI is InChI=1S/C22H24F2O/c1-3-15-8-10-17(11-9-15)19-7-5-6-18(19)14-25-20-13-12-16(4-2)21(23)22(20)24/h8-13H,3-7,14H2,1-2H3. The molecular weight excluding hydrogens is 318 g/mol. The fourth-order valence-corrected chi connectivity index (χ4v) is 3.38. The molecule has 0 saturated heterocycles. The van der Waals surface area contributed by atoms with Gasteiger partial charge in [0.15, 0.2) is 11.6 Å². The van der Waals surface area contributed by atoms with Crippen LogP contribution in [0.25, 0.3) is 5.57 Å². The molecule has 0 heterocycles. The van der Waals surface area contributed by atoms with Crippen molar-refractivity contribution in [2.45, 2.75) is 46.0 Å². The smallest absolute Gasteiger partial charge is 0.200 e. The minimum Gasteiger partial charge on any atom is -0.486 e. The van der Waals surface area contributed by atoms with Gasteiger partial charge in [0.25, 0.3) is 0 Å². The van der Waals surface area contributed by atoms with Gasteiger partial charge in [-0.2, -0.15) is 4.39 Å². The van der Waals surface area contributed by atoms with Crippen molar-refractivity contribution in [3.8, 4) is 5.75 Å². The Kier molecular flexibility index (Phi) is 5.52. The summed E-state index contributed by atoms with van der Waals surface area (Å²) >= 11 is 0. The summed E-state index contributed by atoms with van der Waals surface area (Å²) in [6.07, 6.45) is 4.52. The number of aryl methyl sites for hydroxylation is 2. The number of hydrogen-bond acceptors (Lipinski definition) is 1. The van der Waals surface area contributed by atoms with Gasteiger partial charge in [-0.3, -0.25) is 0 Å². The van der Waals surface area contributed by atoms with E-state index in [1.54, 1.807) is 13.0 Å². The van der Waals surface area contributed by atoms with Crippen molar-refractivity contribution in [1.82, 2.24) is 0 Å². The van der Waals surface area contributed by atoms with Crippen LogP contribution in [0.15, 0.2) is 42.0 Å². The van der Waals surface area contributed by atoms with Crippen molar-refractivity contribution in [3.05, 3.63) is 70.3 Å². The molecule has 0 atom stereocenters. The molecule has 0 saturated carbocycles. The Morgan fingerprint density at radius 3 is 2.32 bits per heavy atom. The molecule has 1 aliphatic rings. The van der Waals surface area contributed by atoms with Crippen molar-refractivity contribution < 1.29 is 13.5 Å². The van der Waals surface area contributed by atoms with Gasteiger partial charge in [-0.25, -0.2) is 4.39 Å². The molecule has 3 heteroatoms. The second-order valence-corrected chi connectivity index (χ2v) is 6.48. The predicted molar refractivity (Wildman–Crippen MR) is 97.8 cm³/mol. The van der Waals surface area contributed by atoms with Crippen LogP contribution in [0.5, 0.6) is 5.75 Å². The van der Waals surface area contributed by atoms with Crippen LogP contribution in [0.4, 0.5) is 8.78 Å². The van der Waals surface area contributed by atoms with Crippen LogP contribution < -0.4 is 4.74 Å². The zero-order valence-electron chi connectivity index (χ0n) is 14.9. The quantitative estimate of drug-likeness (QED) is 0.616. The minimum atomic E-state index is -0.883. The number of hydrogen-bond donors (Lipinski definition) is 0. The molecule has 2 aromatic rings. The van der Waals surface area contributed by atoms with Crippen LogP contribution >= 0.6 is 0 Å². The van der Waals surface area contributed by atoms with Gasteiger partial charge in [0, 0.05) is 0 Å². The summed E-state index contributed by atoms with van der Waals surface area (Å²) in [5, 5.41) is 0. The van der Waals surface area contributed by atoms with Crippen LogP contribution in [0.1, 0.15) is 49.8 Å². The number of allylic oxidation sites excluding steroid dienone is 1. The van der Waals surface area contributed by atoms with Crippen LogP contribution in [-0.4, -0.2) is 6.61 Å². The van der Waals surface area contributed by atoms with E-state index in [1.807, 2.05) is 0 Å². The molecule has 0 radical (unpaired) electrons. The summed E-state index contributed by atoms with van der Waals surface area (Å²) in [6, 6.07) is 11.7. The molecule has 132 valence electrons. The van der Waals surface area contributed by atoms with E-state index in [9.17, 15) is 8.78 Å². The summed E-state index contributed by atoms with van der Waals surface area (Å²) in [5.74, 6) is -1.68.